The van der Waals surface area contributed by atoms with E-state index in [0.29, 0.717) is 29.4 Å². The Hall–Kier alpha value is -2.83. The fraction of sp³-hybridized carbons (Fsp3) is 0.158. The fourth-order valence-corrected chi connectivity index (χ4v) is 2.72. The number of aromatic nitrogens is 2. The first-order valence-electron chi connectivity index (χ1n) is 8.19. The van der Waals surface area contributed by atoms with Crippen molar-refractivity contribution in [2.24, 2.45) is 0 Å². The van der Waals surface area contributed by atoms with Gasteiger partial charge < -0.3 is 16.2 Å². The Labute approximate surface area is 156 Å². The first kappa shape index (κ1) is 18.0. The number of rotatable bonds is 6. The monoisotopic (exact) mass is 370 g/mol. The Kier molecular flexibility index (Phi) is 5.55. The molecule has 0 aliphatic rings. The van der Waals surface area contributed by atoms with Crippen LogP contribution in [-0.4, -0.2) is 33.9 Å². The van der Waals surface area contributed by atoms with Crippen LogP contribution in [0.2, 0.25) is 5.02 Å². The van der Waals surface area contributed by atoms with Gasteiger partial charge in [-0.1, -0.05) is 23.7 Å². The van der Waals surface area contributed by atoms with Crippen LogP contribution in [0.5, 0.6) is 0 Å². The molecular formula is C19H19ClN4O2. The summed E-state index contributed by atoms with van der Waals surface area (Å²) in [4.78, 5) is 12.0. The van der Waals surface area contributed by atoms with Gasteiger partial charge >= 0.3 is 0 Å². The molecule has 0 atom stereocenters. The minimum Gasteiger partial charge on any atom is -0.396 e. The molecule has 0 radical (unpaired) electrons. The van der Waals surface area contributed by atoms with Crippen LogP contribution in [0.4, 0.5) is 5.82 Å². The van der Waals surface area contributed by atoms with E-state index < -0.39 is 0 Å². The van der Waals surface area contributed by atoms with Crippen LogP contribution in [0.3, 0.4) is 0 Å². The van der Waals surface area contributed by atoms with Gasteiger partial charge in [0.1, 0.15) is 5.82 Å². The average molecular weight is 371 g/mol. The van der Waals surface area contributed by atoms with E-state index in [-0.39, 0.29) is 12.5 Å². The molecule has 1 heterocycles. The zero-order valence-electron chi connectivity index (χ0n) is 14.0. The summed E-state index contributed by atoms with van der Waals surface area (Å²) in [5, 5.41) is 16.7. The highest BCUT2D eigenvalue weighted by Gasteiger charge is 2.10. The van der Waals surface area contributed by atoms with E-state index >= 15 is 0 Å². The lowest BCUT2D eigenvalue weighted by Crippen LogP contribution is -2.24. The summed E-state index contributed by atoms with van der Waals surface area (Å²) in [5.41, 5.74) is 8.98. The number of halogens is 1. The molecule has 6 nitrogen and oxygen atoms in total. The zero-order chi connectivity index (χ0) is 18.5. The molecule has 134 valence electrons. The van der Waals surface area contributed by atoms with Gasteiger partial charge in [-0.25, -0.2) is 4.68 Å². The number of aliphatic hydroxyl groups is 1. The van der Waals surface area contributed by atoms with Crippen LogP contribution < -0.4 is 11.1 Å². The van der Waals surface area contributed by atoms with Crippen LogP contribution >= 0.6 is 11.6 Å². The van der Waals surface area contributed by atoms with E-state index in [9.17, 15) is 4.79 Å². The summed E-state index contributed by atoms with van der Waals surface area (Å²) in [6.45, 7) is 0.485. The lowest BCUT2D eigenvalue weighted by molar-refractivity contribution is 0.0951. The maximum Gasteiger partial charge on any atom is 0.251 e. The van der Waals surface area contributed by atoms with E-state index in [2.05, 4.69) is 10.4 Å². The second-order valence-corrected chi connectivity index (χ2v) is 6.19. The Morgan fingerprint density at radius 3 is 2.65 bits per heavy atom. The van der Waals surface area contributed by atoms with Gasteiger partial charge in [0.2, 0.25) is 0 Å². The number of nitrogens with two attached hydrogens (primary N) is 1. The third-order valence-corrected chi connectivity index (χ3v) is 4.09. The SMILES string of the molecule is Nc1cc(-c2cccc(Cl)c2)nn1-c1ccc(C(=O)NCCCO)cc1. The van der Waals surface area contributed by atoms with Gasteiger partial charge in [-0.05, 0) is 42.8 Å². The van der Waals surface area contributed by atoms with Crippen molar-refractivity contribution in [2.75, 3.05) is 18.9 Å². The van der Waals surface area contributed by atoms with Gasteiger partial charge in [-0.3, -0.25) is 4.79 Å². The van der Waals surface area contributed by atoms with Crippen LogP contribution in [0.25, 0.3) is 16.9 Å². The van der Waals surface area contributed by atoms with Crippen molar-refractivity contribution in [1.82, 2.24) is 15.1 Å². The van der Waals surface area contributed by atoms with Crippen LogP contribution in [-0.2, 0) is 0 Å². The number of nitrogen functional groups attached to an aromatic ring is 1. The van der Waals surface area contributed by atoms with Crippen molar-refractivity contribution in [3.05, 3.63) is 65.2 Å². The van der Waals surface area contributed by atoms with E-state index in [1.807, 2.05) is 18.2 Å². The molecule has 1 aromatic heterocycles. The minimum atomic E-state index is -0.182. The number of aliphatic hydroxyl groups excluding tert-OH is 1. The number of carbonyl (C=O) groups is 1. The highest BCUT2D eigenvalue weighted by atomic mass is 35.5. The zero-order valence-corrected chi connectivity index (χ0v) is 14.8. The lowest BCUT2D eigenvalue weighted by Gasteiger charge is -2.07. The summed E-state index contributed by atoms with van der Waals surface area (Å²) < 4.78 is 1.61. The van der Waals surface area contributed by atoms with Gasteiger partial charge in [-0.2, -0.15) is 5.10 Å². The largest absolute Gasteiger partial charge is 0.396 e. The van der Waals surface area contributed by atoms with Crippen molar-refractivity contribution < 1.29 is 9.90 Å². The lowest BCUT2D eigenvalue weighted by atomic mass is 10.1. The average Bonchev–Trinajstić information content (AvgIpc) is 3.04. The number of nitrogens with one attached hydrogen (secondary N) is 1. The summed E-state index contributed by atoms with van der Waals surface area (Å²) in [7, 11) is 0. The molecule has 1 amide bonds. The molecule has 0 fully saturated rings. The predicted octanol–water partition coefficient (Wildman–Crippen LogP) is 2.89. The van der Waals surface area contributed by atoms with Crippen LogP contribution in [0.1, 0.15) is 16.8 Å². The Morgan fingerprint density at radius 1 is 1.19 bits per heavy atom. The van der Waals surface area contributed by atoms with Crippen LogP contribution in [0, 0.1) is 0 Å². The molecule has 4 N–H and O–H groups in total. The van der Waals surface area contributed by atoms with Crippen molar-refractivity contribution >= 4 is 23.3 Å². The summed E-state index contributed by atoms with van der Waals surface area (Å²) in [6, 6.07) is 16.2. The number of amides is 1. The summed E-state index contributed by atoms with van der Waals surface area (Å²) in [6.07, 6.45) is 0.528. The van der Waals surface area contributed by atoms with Gasteiger partial charge in [-0.15, -0.1) is 0 Å². The Balaban J connectivity index is 1.80. The minimum absolute atomic E-state index is 0.0484. The number of anilines is 1. The molecule has 0 spiro atoms. The molecule has 26 heavy (non-hydrogen) atoms. The van der Waals surface area contributed by atoms with Gasteiger partial charge in [0, 0.05) is 35.4 Å². The molecule has 0 aliphatic heterocycles. The maximum atomic E-state index is 12.0. The normalized spacial score (nSPS) is 10.7. The number of hydrogen-bond donors (Lipinski definition) is 3. The fourth-order valence-electron chi connectivity index (χ4n) is 2.53. The predicted molar refractivity (Wildman–Crippen MR) is 102 cm³/mol. The Bertz CT molecular complexity index is 906. The van der Waals surface area contributed by atoms with Gasteiger partial charge in [0.05, 0.1) is 11.4 Å². The first-order chi connectivity index (χ1) is 12.6. The topological polar surface area (TPSA) is 93.2 Å². The number of nitrogens with zero attached hydrogens (tertiary/aromatic N) is 2. The molecule has 7 heteroatoms. The van der Waals surface area contributed by atoms with Crippen molar-refractivity contribution in [3.8, 4) is 16.9 Å². The molecule has 0 saturated carbocycles. The second kappa shape index (κ2) is 8.03. The molecule has 0 saturated heterocycles. The molecular weight excluding hydrogens is 352 g/mol. The first-order valence-corrected chi connectivity index (χ1v) is 8.57. The quantitative estimate of drug-likeness (QED) is 0.581. The molecule has 0 aliphatic carbocycles. The van der Waals surface area contributed by atoms with Gasteiger partial charge in [0.25, 0.3) is 5.91 Å². The number of benzene rings is 2. The van der Waals surface area contributed by atoms with Crippen molar-refractivity contribution in [2.45, 2.75) is 6.42 Å². The molecule has 3 aromatic rings. The van der Waals surface area contributed by atoms with Crippen LogP contribution in [0.15, 0.2) is 54.6 Å². The highest BCUT2D eigenvalue weighted by Crippen LogP contribution is 2.25. The van der Waals surface area contributed by atoms with E-state index in [0.717, 1.165) is 16.9 Å². The van der Waals surface area contributed by atoms with Crippen molar-refractivity contribution in [3.63, 3.8) is 0 Å². The van der Waals surface area contributed by atoms with Gasteiger partial charge in [0.15, 0.2) is 0 Å². The third kappa shape index (κ3) is 4.04. The number of carbonyl (C=O) groups excluding carboxylic acids is 1. The Morgan fingerprint density at radius 2 is 1.96 bits per heavy atom. The smallest absolute Gasteiger partial charge is 0.251 e. The number of hydrogen-bond acceptors (Lipinski definition) is 4. The standard InChI is InChI=1S/C19H19ClN4O2/c20-15-4-1-3-14(11-15)17-12-18(21)24(23-17)16-7-5-13(6-8-16)19(26)22-9-2-10-25/h1,3-8,11-12,25H,2,9-10,21H2,(H,22,26). The second-order valence-electron chi connectivity index (χ2n) is 5.76. The third-order valence-electron chi connectivity index (χ3n) is 3.85. The maximum absolute atomic E-state index is 12.0. The molecule has 0 bridgehead atoms. The highest BCUT2D eigenvalue weighted by molar-refractivity contribution is 6.30. The molecule has 3 rings (SSSR count). The van der Waals surface area contributed by atoms with Crippen molar-refractivity contribution in [1.29, 1.82) is 0 Å². The summed E-state index contributed by atoms with van der Waals surface area (Å²) >= 11 is 6.03. The van der Waals surface area contributed by atoms with E-state index in [1.54, 1.807) is 41.1 Å². The van der Waals surface area contributed by atoms with E-state index in [1.165, 1.54) is 0 Å². The van der Waals surface area contributed by atoms with E-state index in [4.69, 9.17) is 22.4 Å². The molecule has 0 unspecified atom stereocenters. The summed E-state index contributed by atoms with van der Waals surface area (Å²) in [5.74, 6) is 0.304. The molecule has 2 aromatic carbocycles.